The molecule has 0 aromatic rings. The summed E-state index contributed by atoms with van der Waals surface area (Å²) in [7, 11) is 1.70. The number of halogens is 1. The van der Waals surface area contributed by atoms with Gasteiger partial charge >= 0.3 is 0 Å². The van der Waals surface area contributed by atoms with Gasteiger partial charge in [0.1, 0.15) is 5.72 Å². The van der Waals surface area contributed by atoms with Gasteiger partial charge in [0.15, 0.2) is 0 Å². The minimum Gasteiger partial charge on any atom is -0.364 e. The van der Waals surface area contributed by atoms with Crippen LogP contribution in [0.5, 0.6) is 0 Å². The summed E-state index contributed by atoms with van der Waals surface area (Å²) < 4.78 is 5.16. The van der Waals surface area contributed by atoms with E-state index < -0.39 is 0 Å². The van der Waals surface area contributed by atoms with Crippen LogP contribution in [-0.4, -0.2) is 12.8 Å². The molecule has 3 heteroatoms. The van der Waals surface area contributed by atoms with Crippen molar-refractivity contribution in [3.8, 4) is 0 Å². The number of rotatable bonds is 1. The lowest BCUT2D eigenvalue weighted by atomic mass is 9.92. The number of hydrogen-bond acceptors (Lipinski definition) is 2. The van der Waals surface area contributed by atoms with Gasteiger partial charge in [-0.1, -0.05) is 6.42 Å². The van der Waals surface area contributed by atoms with Crippen LogP contribution in [0.4, 0.5) is 0 Å². The fourth-order valence-corrected chi connectivity index (χ4v) is 1.35. The maximum Gasteiger partial charge on any atom is 0.116 e. The van der Waals surface area contributed by atoms with Gasteiger partial charge in [-0.05, 0) is 25.7 Å². The Balaban J connectivity index is 0.000000810. The topological polar surface area (TPSA) is 35.2 Å². The van der Waals surface area contributed by atoms with Crippen LogP contribution in [0.3, 0.4) is 0 Å². The van der Waals surface area contributed by atoms with Gasteiger partial charge in [0.05, 0.1) is 0 Å². The van der Waals surface area contributed by atoms with E-state index >= 15 is 0 Å². The summed E-state index contributed by atoms with van der Waals surface area (Å²) in [6.07, 6.45) is 5.84. The zero-order valence-corrected chi connectivity index (χ0v) is 7.25. The Morgan fingerprint density at radius 2 is 1.70 bits per heavy atom. The smallest absolute Gasteiger partial charge is 0.116 e. The molecule has 1 aliphatic rings. The van der Waals surface area contributed by atoms with E-state index in [0.717, 1.165) is 12.8 Å². The van der Waals surface area contributed by atoms with E-state index in [-0.39, 0.29) is 18.1 Å². The minimum atomic E-state index is -0.280. The van der Waals surface area contributed by atoms with Crippen LogP contribution in [0.1, 0.15) is 32.1 Å². The molecule has 0 aromatic heterocycles. The second-order valence-electron chi connectivity index (χ2n) is 2.83. The first-order chi connectivity index (χ1) is 4.27. The van der Waals surface area contributed by atoms with E-state index in [1.807, 2.05) is 0 Å². The molecule has 0 saturated heterocycles. The average Bonchev–Trinajstić information content (AvgIpc) is 1.90. The van der Waals surface area contributed by atoms with Crippen LogP contribution < -0.4 is 5.73 Å². The molecule has 0 heterocycles. The van der Waals surface area contributed by atoms with Crippen LogP contribution in [0.15, 0.2) is 0 Å². The summed E-state index contributed by atoms with van der Waals surface area (Å²) in [6.45, 7) is 0. The molecule has 2 N–H and O–H groups in total. The molecule has 0 aliphatic heterocycles. The molecule has 0 radical (unpaired) electrons. The van der Waals surface area contributed by atoms with E-state index in [1.165, 1.54) is 19.3 Å². The summed E-state index contributed by atoms with van der Waals surface area (Å²) >= 11 is 0. The van der Waals surface area contributed by atoms with Gasteiger partial charge in [0.25, 0.3) is 0 Å². The van der Waals surface area contributed by atoms with Crippen LogP contribution in [0.2, 0.25) is 0 Å². The number of methoxy groups -OCH3 is 1. The van der Waals surface area contributed by atoms with Crippen molar-refractivity contribution in [1.29, 1.82) is 0 Å². The first-order valence-corrected chi connectivity index (χ1v) is 3.61. The van der Waals surface area contributed by atoms with Crippen molar-refractivity contribution in [1.82, 2.24) is 0 Å². The highest BCUT2D eigenvalue weighted by atomic mass is 35.5. The highest BCUT2D eigenvalue weighted by Gasteiger charge is 2.25. The lowest BCUT2D eigenvalue weighted by Crippen LogP contribution is -2.43. The van der Waals surface area contributed by atoms with Gasteiger partial charge in [0, 0.05) is 7.11 Å². The Morgan fingerprint density at radius 1 is 1.20 bits per heavy atom. The minimum absolute atomic E-state index is 0. The van der Waals surface area contributed by atoms with Gasteiger partial charge in [-0.25, -0.2) is 0 Å². The summed E-state index contributed by atoms with van der Waals surface area (Å²) in [4.78, 5) is 0. The first-order valence-electron chi connectivity index (χ1n) is 3.61. The van der Waals surface area contributed by atoms with E-state index in [1.54, 1.807) is 7.11 Å². The molecular formula is C7H16ClNO. The van der Waals surface area contributed by atoms with Gasteiger partial charge in [-0.15, -0.1) is 12.4 Å². The van der Waals surface area contributed by atoms with Crippen molar-refractivity contribution in [2.75, 3.05) is 7.11 Å². The molecule has 1 aliphatic carbocycles. The van der Waals surface area contributed by atoms with E-state index in [2.05, 4.69) is 0 Å². The van der Waals surface area contributed by atoms with Gasteiger partial charge in [-0.2, -0.15) is 0 Å². The largest absolute Gasteiger partial charge is 0.364 e. The molecule has 2 nitrogen and oxygen atoms in total. The van der Waals surface area contributed by atoms with Crippen molar-refractivity contribution >= 4 is 12.4 Å². The van der Waals surface area contributed by atoms with Crippen molar-refractivity contribution in [3.63, 3.8) is 0 Å². The molecule has 1 rings (SSSR count). The summed E-state index contributed by atoms with van der Waals surface area (Å²) in [5, 5.41) is 0. The molecular weight excluding hydrogens is 150 g/mol. The monoisotopic (exact) mass is 165 g/mol. The highest BCUT2D eigenvalue weighted by molar-refractivity contribution is 5.85. The second-order valence-corrected chi connectivity index (χ2v) is 2.83. The van der Waals surface area contributed by atoms with Crippen LogP contribution in [-0.2, 0) is 4.74 Å². The van der Waals surface area contributed by atoms with Crippen molar-refractivity contribution in [2.24, 2.45) is 5.73 Å². The van der Waals surface area contributed by atoms with Gasteiger partial charge in [-0.3, -0.25) is 0 Å². The molecule has 1 fully saturated rings. The van der Waals surface area contributed by atoms with Gasteiger partial charge < -0.3 is 10.5 Å². The molecule has 1 saturated carbocycles. The average molecular weight is 166 g/mol. The molecule has 10 heavy (non-hydrogen) atoms. The maximum absolute atomic E-state index is 5.84. The fourth-order valence-electron chi connectivity index (χ4n) is 1.35. The zero-order valence-electron chi connectivity index (χ0n) is 6.43. The van der Waals surface area contributed by atoms with Crippen LogP contribution >= 0.6 is 12.4 Å². The molecule has 0 amide bonds. The molecule has 0 spiro atoms. The third kappa shape index (κ3) is 2.45. The summed E-state index contributed by atoms with van der Waals surface area (Å²) in [5.74, 6) is 0. The van der Waals surface area contributed by atoms with Crippen LogP contribution in [0.25, 0.3) is 0 Å². The number of nitrogens with two attached hydrogens (primary N) is 1. The SMILES string of the molecule is COC1(N)CCCCC1.Cl. The predicted octanol–water partition coefficient (Wildman–Crippen LogP) is 1.67. The summed E-state index contributed by atoms with van der Waals surface area (Å²) in [6, 6.07) is 0. The Hall–Kier alpha value is 0.210. The third-order valence-corrected chi connectivity index (χ3v) is 2.11. The molecule has 0 unspecified atom stereocenters. The number of ether oxygens (including phenoxy) is 1. The fraction of sp³-hybridized carbons (Fsp3) is 1.00. The van der Waals surface area contributed by atoms with Crippen molar-refractivity contribution in [2.45, 2.75) is 37.8 Å². The normalized spacial score (nSPS) is 23.4. The molecule has 0 atom stereocenters. The van der Waals surface area contributed by atoms with E-state index in [0.29, 0.717) is 0 Å². The standard InChI is InChI=1S/C7H15NO.ClH/c1-9-7(8)5-3-2-4-6-7;/h2-6,8H2,1H3;1H. The first kappa shape index (κ1) is 10.2. The molecule has 62 valence electrons. The van der Waals surface area contributed by atoms with Crippen molar-refractivity contribution < 1.29 is 4.74 Å². The lowest BCUT2D eigenvalue weighted by molar-refractivity contribution is -0.0338. The highest BCUT2D eigenvalue weighted by Crippen LogP contribution is 2.25. The Kier molecular flexibility index (Phi) is 4.25. The van der Waals surface area contributed by atoms with Crippen molar-refractivity contribution in [3.05, 3.63) is 0 Å². The Labute approximate surface area is 68.5 Å². The second kappa shape index (κ2) is 4.16. The van der Waals surface area contributed by atoms with Gasteiger partial charge in [0.2, 0.25) is 0 Å². The predicted molar refractivity (Wildman–Crippen MR) is 44.3 cm³/mol. The summed E-state index contributed by atoms with van der Waals surface area (Å²) in [5.41, 5.74) is 5.56. The van der Waals surface area contributed by atoms with Crippen LogP contribution in [0, 0.1) is 0 Å². The quantitative estimate of drug-likeness (QED) is 0.600. The Bertz CT molecular complexity index is 91.6. The maximum atomic E-state index is 5.84. The van der Waals surface area contributed by atoms with E-state index in [9.17, 15) is 0 Å². The number of hydrogen-bond donors (Lipinski definition) is 1. The molecule has 0 bridgehead atoms. The Morgan fingerprint density at radius 3 is 2.00 bits per heavy atom. The van der Waals surface area contributed by atoms with E-state index in [4.69, 9.17) is 10.5 Å². The molecule has 0 aromatic carbocycles. The lowest BCUT2D eigenvalue weighted by Gasteiger charge is -2.31. The third-order valence-electron chi connectivity index (χ3n) is 2.11. The zero-order chi connectivity index (χ0) is 6.74.